The third-order valence-electron chi connectivity index (χ3n) is 3.52. The van der Waals surface area contributed by atoms with Gasteiger partial charge < -0.3 is 10.8 Å². The molecule has 1 saturated carbocycles. The van der Waals surface area contributed by atoms with Gasteiger partial charge in [0, 0.05) is 4.47 Å². The number of aliphatic hydroxyl groups is 1. The lowest BCUT2D eigenvalue weighted by Gasteiger charge is -2.24. The van der Waals surface area contributed by atoms with Crippen LogP contribution in [-0.4, -0.2) is 11.2 Å². The molecule has 2 rings (SSSR count). The molecule has 0 aromatic heterocycles. The van der Waals surface area contributed by atoms with Crippen molar-refractivity contribution < 1.29 is 9.50 Å². The highest BCUT2D eigenvalue weighted by molar-refractivity contribution is 9.10. The van der Waals surface area contributed by atoms with Gasteiger partial charge in [-0.1, -0.05) is 28.8 Å². The molecule has 0 spiro atoms. The Bertz CT molecular complexity index is 378. The maximum absolute atomic E-state index is 13.3. The molecule has 0 unspecified atom stereocenters. The van der Waals surface area contributed by atoms with E-state index in [1.165, 1.54) is 12.1 Å². The van der Waals surface area contributed by atoms with Crippen molar-refractivity contribution in [3.05, 3.63) is 34.1 Å². The van der Waals surface area contributed by atoms with Gasteiger partial charge in [0.05, 0.1) is 12.1 Å². The Hall–Kier alpha value is -0.160. The number of rotatable bonds is 3. The fourth-order valence-electron chi connectivity index (χ4n) is 2.56. The summed E-state index contributed by atoms with van der Waals surface area (Å²) < 4.78 is 13.9. The van der Waals surface area contributed by atoms with E-state index >= 15 is 0 Å². The summed E-state index contributed by atoms with van der Waals surface area (Å²) in [7, 11) is 0. The van der Waals surface area contributed by atoms with Gasteiger partial charge in [0.2, 0.25) is 0 Å². The van der Waals surface area contributed by atoms with Crippen molar-refractivity contribution in [1.29, 1.82) is 0 Å². The summed E-state index contributed by atoms with van der Waals surface area (Å²) in [5, 5.41) is 10.2. The van der Waals surface area contributed by atoms with Crippen LogP contribution < -0.4 is 5.73 Å². The number of aliphatic hydroxyl groups excluding tert-OH is 1. The van der Waals surface area contributed by atoms with E-state index in [1.807, 2.05) is 0 Å². The Morgan fingerprint density at radius 2 is 1.89 bits per heavy atom. The maximum Gasteiger partial charge on any atom is 0.124 e. The van der Waals surface area contributed by atoms with Gasteiger partial charge in [-0.15, -0.1) is 12.4 Å². The zero-order valence-electron chi connectivity index (χ0n) is 9.98. The van der Waals surface area contributed by atoms with Crippen LogP contribution in [0.5, 0.6) is 0 Å². The summed E-state index contributed by atoms with van der Waals surface area (Å²) in [6, 6.07) is 4.04. The standard InChI is InChI=1S/C13H17BrFNO.ClH/c14-10-5-9(6-11(15)7-10)12(16)13(17)8-3-1-2-4-8;/h5-8,12-13,17H,1-4,16H2;1H/t12-,13+;/m0./s1. The Labute approximate surface area is 121 Å². The molecule has 0 bridgehead atoms. The third-order valence-corrected chi connectivity index (χ3v) is 3.98. The number of benzene rings is 1. The number of halogens is 3. The van der Waals surface area contributed by atoms with E-state index in [9.17, 15) is 9.50 Å². The minimum Gasteiger partial charge on any atom is -0.391 e. The summed E-state index contributed by atoms with van der Waals surface area (Å²) in [4.78, 5) is 0. The highest BCUT2D eigenvalue weighted by Crippen LogP contribution is 2.33. The van der Waals surface area contributed by atoms with Crippen molar-refractivity contribution in [2.24, 2.45) is 11.7 Å². The fraction of sp³-hybridized carbons (Fsp3) is 0.538. The molecular weight excluding hydrogens is 321 g/mol. The molecule has 1 aliphatic rings. The molecule has 2 nitrogen and oxygen atoms in total. The van der Waals surface area contributed by atoms with E-state index in [-0.39, 0.29) is 24.1 Å². The summed E-state index contributed by atoms with van der Waals surface area (Å²) in [6.07, 6.45) is 3.77. The first kappa shape index (κ1) is 15.9. The molecule has 0 radical (unpaired) electrons. The molecule has 0 saturated heterocycles. The monoisotopic (exact) mass is 337 g/mol. The molecule has 1 aromatic rings. The molecule has 0 amide bonds. The number of nitrogens with two attached hydrogens (primary N) is 1. The smallest absolute Gasteiger partial charge is 0.124 e. The van der Waals surface area contributed by atoms with Crippen LogP contribution in [-0.2, 0) is 0 Å². The quantitative estimate of drug-likeness (QED) is 0.885. The van der Waals surface area contributed by atoms with Gasteiger partial charge in [-0.3, -0.25) is 0 Å². The molecule has 2 atom stereocenters. The molecule has 1 fully saturated rings. The largest absolute Gasteiger partial charge is 0.391 e. The predicted molar refractivity (Wildman–Crippen MR) is 76.2 cm³/mol. The molecule has 5 heteroatoms. The predicted octanol–water partition coefficient (Wildman–Crippen LogP) is 3.56. The van der Waals surface area contributed by atoms with E-state index in [2.05, 4.69) is 15.9 Å². The van der Waals surface area contributed by atoms with Crippen LogP contribution in [0, 0.1) is 11.7 Å². The minimum absolute atomic E-state index is 0. The Morgan fingerprint density at radius 1 is 1.28 bits per heavy atom. The zero-order chi connectivity index (χ0) is 12.4. The lowest BCUT2D eigenvalue weighted by Crippen LogP contribution is -2.32. The normalized spacial score (nSPS) is 19.3. The summed E-state index contributed by atoms with van der Waals surface area (Å²) >= 11 is 3.24. The van der Waals surface area contributed by atoms with Crippen molar-refractivity contribution in [3.8, 4) is 0 Å². The average molecular weight is 339 g/mol. The van der Waals surface area contributed by atoms with Crippen LogP contribution in [0.2, 0.25) is 0 Å². The molecule has 0 heterocycles. The van der Waals surface area contributed by atoms with E-state index in [0.717, 1.165) is 25.7 Å². The highest BCUT2D eigenvalue weighted by Gasteiger charge is 2.28. The lowest BCUT2D eigenvalue weighted by molar-refractivity contribution is 0.0844. The van der Waals surface area contributed by atoms with E-state index < -0.39 is 12.1 Å². The Morgan fingerprint density at radius 3 is 2.44 bits per heavy atom. The zero-order valence-corrected chi connectivity index (χ0v) is 12.4. The second-order valence-electron chi connectivity index (χ2n) is 4.76. The van der Waals surface area contributed by atoms with Crippen LogP contribution in [0.3, 0.4) is 0 Å². The molecule has 3 N–H and O–H groups in total. The molecule has 1 aromatic carbocycles. The van der Waals surface area contributed by atoms with Gasteiger partial charge in [0.1, 0.15) is 5.82 Å². The fourth-order valence-corrected chi connectivity index (χ4v) is 3.04. The minimum atomic E-state index is -0.578. The second-order valence-corrected chi connectivity index (χ2v) is 5.68. The van der Waals surface area contributed by atoms with Crippen molar-refractivity contribution in [3.63, 3.8) is 0 Å². The van der Waals surface area contributed by atoms with E-state index in [1.54, 1.807) is 6.07 Å². The Balaban J connectivity index is 0.00000162. The Kier molecular flexibility index (Phi) is 6.05. The van der Waals surface area contributed by atoms with E-state index in [0.29, 0.717) is 10.0 Å². The van der Waals surface area contributed by atoms with Gasteiger partial charge in [-0.2, -0.15) is 0 Å². The second kappa shape index (κ2) is 6.85. The highest BCUT2D eigenvalue weighted by atomic mass is 79.9. The molecule has 102 valence electrons. The lowest BCUT2D eigenvalue weighted by atomic mass is 9.91. The van der Waals surface area contributed by atoms with Crippen LogP contribution in [0.4, 0.5) is 4.39 Å². The average Bonchev–Trinajstić information content (AvgIpc) is 2.79. The van der Waals surface area contributed by atoms with Gasteiger partial charge >= 0.3 is 0 Å². The summed E-state index contributed by atoms with van der Waals surface area (Å²) in [5.74, 6) is -0.0736. The first-order valence-corrected chi connectivity index (χ1v) is 6.77. The van der Waals surface area contributed by atoms with Crippen LogP contribution in [0.25, 0.3) is 0 Å². The molecule has 18 heavy (non-hydrogen) atoms. The van der Waals surface area contributed by atoms with Crippen LogP contribution in [0.1, 0.15) is 37.3 Å². The van der Waals surface area contributed by atoms with Gasteiger partial charge in [0.25, 0.3) is 0 Å². The SMILES string of the molecule is Cl.N[C@@H](c1cc(F)cc(Br)c1)[C@H](O)C1CCCC1. The van der Waals surface area contributed by atoms with Crippen LogP contribution in [0.15, 0.2) is 22.7 Å². The van der Waals surface area contributed by atoms with Crippen molar-refractivity contribution >= 4 is 28.3 Å². The van der Waals surface area contributed by atoms with Crippen LogP contribution >= 0.6 is 28.3 Å². The first-order chi connectivity index (χ1) is 8.08. The van der Waals surface area contributed by atoms with Crippen molar-refractivity contribution in [2.45, 2.75) is 37.8 Å². The van der Waals surface area contributed by atoms with Crippen molar-refractivity contribution in [1.82, 2.24) is 0 Å². The van der Waals surface area contributed by atoms with E-state index in [4.69, 9.17) is 5.73 Å². The number of hydrogen-bond acceptors (Lipinski definition) is 2. The molecule has 0 aliphatic heterocycles. The van der Waals surface area contributed by atoms with Gasteiger partial charge in [0.15, 0.2) is 0 Å². The number of hydrogen-bond donors (Lipinski definition) is 2. The maximum atomic E-state index is 13.3. The third kappa shape index (κ3) is 3.67. The molecular formula is C13H18BrClFNO. The molecule has 1 aliphatic carbocycles. The van der Waals surface area contributed by atoms with Gasteiger partial charge in [-0.05, 0) is 42.5 Å². The topological polar surface area (TPSA) is 46.2 Å². The van der Waals surface area contributed by atoms with Crippen molar-refractivity contribution in [2.75, 3.05) is 0 Å². The summed E-state index contributed by atoms with van der Waals surface area (Å²) in [5.41, 5.74) is 6.67. The van der Waals surface area contributed by atoms with Gasteiger partial charge in [-0.25, -0.2) is 4.39 Å². The summed E-state index contributed by atoms with van der Waals surface area (Å²) in [6.45, 7) is 0. The first-order valence-electron chi connectivity index (χ1n) is 5.97.